The Bertz CT molecular complexity index is 440. The van der Waals surface area contributed by atoms with E-state index >= 15 is 0 Å². The normalized spacial score (nSPS) is 22.5. The Morgan fingerprint density at radius 1 is 1.43 bits per heavy atom. The topological polar surface area (TPSA) is 74.5 Å². The van der Waals surface area contributed by atoms with Gasteiger partial charge in [0.2, 0.25) is 0 Å². The Labute approximate surface area is 143 Å². The minimum absolute atomic E-state index is 0. The highest BCUT2D eigenvalue weighted by atomic mass is 127. The van der Waals surface area contributed by atoms with Crippen LogP contribution in [0.25, 0.3) is 0 Å². The summed E-state index contributed by atoms with van der Waals surface area (Å²) in [5.74, 6) is 0.843. The molecule has 1 heterocycles. The summed E-state index contributed by atoms with van der Waals surface area (Å²) in [7, 11) is 1.92. The van der Waals surface area contributed by atoms with Gasteiger partial charge >= 0.3 is 0 Å². The molecule has 120 valence electrons. The van der Waals surface area contributed by atoms with Crippen molar-refractivity contribution in [3.63, 3.8) is 0 Å². The van der Waals surface area contributed by atoms with Crippen molar-refractivity contribution in [3.8, 4) is 0 Å². The maximum atomic E-state index is 9.54. The number of aliphatic hydroxyl groups excluding tert-OH is 1. The van der Waals surface area contributed by atoms with Crippen LogP contribution in [-0.4, -0.2) is 39.5 Å². The summed E-state index contributed by atoms with van der Waals surface area (Å²) in [6.07, 6.45) is 5.40. The van der Waals surface area contributed by atoms with E-state index in [-0.39, 0.29) is 30.1 Å². The van der Waals surface area contributed by atoms with Crippen molar-refractivity contribution in [1.29, 1.82) is 0 Å². The van der Waals surface area contributed by atoms with E-state index in [1.165, 1.54) is 0 Å². The molecule has 0 aromatic carbocycles. The Morgan fingerprint density at radius 3 is 2.71 bits per heavy atom. The predicted octanol–water partition coefficient (Wildman–Crippen LogP) is 1.40. The van der Waals surface area contributed by atoms with Crippen LogP contribution in [0.1, 0.15) is 38.3 Å². The average Bonchev–Trinajstić information content (AvgIpc) is 2.84. The van der Waals surface area contributed by atoms with Crippen molar-refractivity contribution in [3.05, 3.63) is 18.0 Å². The van der Waals surface area contributed by atoms with Gasteiger partial charge < -0.3 is 15.7 Å². The van der Waals surface area contributed by atoms with Gasteiger partial charge in [-0.1, -0.05) is 0 Å². The van der Waals surface area contributed by atoms with Crippen LogP contribution in [0, 0.1) is 0 Å². The highest BCUT2D eigenvalue weighted by molar-refractivity contribution is 14.0. The van der Waals surface area contributed by atoms with Gasteiger partial charge in [-0.05, 0) is 38.7 Å². The average molecular weight is 407 g/mol. The van der Waals surface area contributed by atoms with Gasteiger partial charge in [0.15, 0.2) is 5.96 Å². The standard InChI is InChI=1S/C14H25N5O.HI/c1-3-15-14(16-10-12-8-9-17-19(12)2)18-11-4-6-13(20)7-5-11;/h8-9,11,13,20H,3-7,10H2,1-2H3,(H2,15,16,18);1H. The highest BCUT2D eigenvalue weighted by Crippen LogP contribution is 2.18. The Morgan fingerprint density at radius 2 is 2.14 bits per heavy atom. The van der Waals surface area contributed by atoms with E-state index < -0.39 is 0 Å². The van der Waals surface area contributed by atoms with Crippen LogP contribution in [0.2, 0.25) is 0 Å². The van der Waals surface area contributed by atoms with E-state index in [0.29, 0.717) is 12.6 Å². The Hall–Kier alpha value is -0.830. The van der Waals surface area contributed by atoms with Crippen LogP contribution in [-0.2, 0) is 13.6 Å². The van der Waals surface area contributed by atoms with Gasteiger partial charge in [-0.3, -0.25) is 4.68 Å². The monoisotopic (exact) mass is 407 g/mol. The zero-order valence-corrected chi connectivity index (χ0v) is 15.1. The number of halogens is 1. The van der Waals surface area contributed by atoms with Crippen molar-refractivity contribution < 1.29 is 5.11 Å². The minimum atomic E-state index is -0.123. The maximum Gasteiger partial charge on any atom is 0.191 e. The van der Waals surface area contributed by atoms with Gasteiger partial charge in [-0.25, -0.2) is 4.99 Å². The van der Waals surface area contributed by atoms with Crippen LogP contribution in [0.4, 0.5) is 0 Å². The molecule has 0 radical (unpaired) electrons. The molecule has 7 heteroatoms. The molecule has 21 heavy (non-hydrogen) atoms. The van der Waals surface area contributed by atoms with Crippen LogP contribution >= 0.6 is 24.0 Å². The number of aliphatic imine (C=N–C) groups is 1. The molecular weight excluding hydrogens is 381 g/mol. The molecule has 0 unspecified atom stereocenters. The van der Waals surface area contributed by atoms with E-state index in [1.54, 1.807) is 6.20 Å². The second-order valence-corrected chi connectivity index (χ2v) is 5.29. The number of aromatic nitrogens is 2. The second kappa shape index (κ2) is 9.24. The summed E-state index contributed by atoms with van der Waals surface area (Å²) >= 11 is 0. The molecule has 1 aromatic rings. The number of nitrogens with zero attached hydrogens (tertiary/aromatic N) is 3. The molecule has 0 spiro atoms. The lowest BCUT2D eigenvalue weighted by Crippen LogP contribution is -2.45. The lowest BCUT2D eigenvalue weighted by Gasteiger charge is -2.27. The summed E-state index contributed by atoms with van der Waals surface area (Å²) < 4.78 is 1.84. The first-order valence-corrected chi connectivity index (χ1v) is 7.38. The number of guanidine groups is 1. The van der Waals surface area contributed by atoms with E-state index in [0.717, 1.165) is 43.9 Å². The molecular formula is C14H26IN5O. The first kappa shape index (κ1) is 18.2. The third-order valence-electron chi connectivity index (χ3n) is 3.70. The molecule has 6 nitrogen and oxygen atoms in total. The van der Waals surface area contributed by atoms with Crippen molar-refractivity contribution in [1.82, 2.24) is 20.4 Å². The van der Waals surface area contributed by atoms with Crippen molar-refractivity contribution in [2.24, 2.45) is 12.0 Å². The number of aliphatic hydroxyl groups is 1. The fourth-order valence-electron chi connectivity index (χ4n) is 2.45. The van der Waals surface area contributed by atoms with Crippen molar-refractivity contribution >= 4 is 29.9 Å². The van der Waals surface area contributed by atoms with Gasteiger partial charge in [0, 0.05) is 25.8 Å². The number of nitrogens with one attached hydrogen (secondary N) is 2. The van der Waals surface area contributed by atoms with Gasteiger partial charge in [0.25, 0.3) is 0 Å². The van der Waals surface area contributed by atoms with E-state index in [1.807, 2.05) is 17.8 Å². The zero-order valence-electron chi connectivity index (χ0n) is 12.7. The first-order chi connectivity index (χ1) is 9.69. The molecule has 0 bridgehead atoms. The molecule has 1 aliphatic rings. The first-order valence-electron chi connectivity index (χ1n) is 7.38. The van der Waals surface area contributed by atoms with E-state index in [2.05, 4.69) is 27.6 Å². The number of hydrogen-bond acceptors (Lipinski definition) is 3. The van der Waals surface area contributed by atoms with Gasteiger partial charge in [-0.15, -0.1) is 24.0 Å². The molecule has 2 rings (SSSR count). The summed E-state index contributed by atoms with van der Waals surface area (Å²) in [5.41, 5.74) is 1.08. The molecule has 0 atom stereocenters. The fraction of sp³-hybridized carbons (Fsp3) is 0.714. The smallest absolute Gasteiger partial charge is 0.191 e. The van der Waals surface area contributed by atoms with E-state index in [4.69, 9.17) is 0 Å². The lowest BCUT2D eigenvalue weighted by atomic mass is 9.93. The molecule has 3 N–H and O–H groups in total. The molecule has 1 fully saturated rings. The Balaban J connectivity index is 0.00000220. The molecule has 0 aliphatic heterocycles. The third kappa shape index (κ3) is 5.82. The van der Waals surface area contributed by atoms with Crippen molar-refractivity contribution in [2.45, 2.75) is 51.3 Å². The van der Waals surface area contributed by atoms with Crippen LogP contribution < -0.4 is 10.6 Å². The number of rotatable bonds is 4. The highest BCUT2D eigenvalue weighted by Gasteiger charge is 2.19. The Kier molecular flexibility index (Phi) is 8.02. The minimum Gasteiger partial charge on any atom is -0.393 e. The molecule has 1 aliphatic carbocycles. The molecule has 0 amide bonds. The van der Waals surface area contributed by atoms with Crippen LogP contribution in [0.3, 0.4) is 0 Å². The second-order valence-electron chi connectivity index (χ2n) is 5.29. The molecule has 0 saturated heterocycles. The molecule has 1 aromatic heterocycles. The zero-order chi connectivity index (χ0) is 14.4. The van der Waals surface area contributed by atoms with Crippen molar-refractivity contribution in [2.75, 3.05) is 6.54 Å². The largest absolute Gasteiger partial charge is 0.393 e. The predicted molar refractivity (Wildman–Crippen MR) is 94.8 cm³/mol. The van der Waals surface area contributed by atoms with Gasteiger partial charge in [-0.2, -0.15) is 5.10 Å². The van der Waals surface area contributed by atoms with E-state index in [9.17, 15) is 5.11 Å². The summed E-state index contributed by atoms with van der Waals surface area (Å²) in [6, 6.07) is 2.38. The van der Waals surface area contributed by atoms with Crippen LogP contribution in [0.15, 0.2) is 17.3 Å². The summed E-state index contributed by atoms with van der Waals surface area (Å²) in [6.45, 7) is 3.51. The molecule has 1 saturated carbocycles. The summed E-state index contributed by atoms with van der Waals surface area (Å²) in [4.78, 5) is 4.60. The summed E-state index contributed by atoms with van der Waals surface area (Å²) in [5, 5.41) is 20.4. The van der Waals surface area contributed by atoms with Gasteiger partial charge in [0.05, 0.1) is 18.3 Å². The number of hydrogen-bond donors (Lipinski definition) is 3. The van der Waals surface area contributed by atoms with Gasteiger partial charge in [0.1, 0.15) is 0 Å². The third-order valence-corrected chi connectivity index (χ3v) is 3.70. The fourth-order valence-corrected chi connectivity index (χ4v) is 2.45. The lowest BCUT2D eigenvalue weighted by molar-refractivity contribution is 0.120. The quantitative estimate of drug-likeness (QED) is 0.401. The van der Waals surface area contributed by atoms with Crippen LogP contribution in [0.5, 0.6) is 0 Å². The SMILES string of the molecule is CCNC(=NCc1ccnn1C)NC1CCC(O)CC1.I. The maximum absolute atomic E-state index is 9.54. The number of aryl methyl sites for hydroxylation is 1.